The average molecular weight is 257 g/mol. The number of aromatic nitrogens is 2. The van der Waals surface area contributed by atoms with Gasteiger partial charge in [0, 0.05) is 11.8 Å². The number of ether oxygens (including phenoxy) is 1. The van der Waals surface area contributed by atoms with Crippen molar-refractivity contribution in [2.24, 2.45) is 5.73 Å². The molecule has 100 valence electrons. The normalized spacial score (nSPS) is 10.5. The zero-order valence-corrected chi connectivity index (χ0v) is 11.6. The van der Waals surface area contributed by atoms with Crippen molar-refractivity contribution in [3.63, 3.8) is 0 Å². The van der Waals surface area contributed by atoms with Crippen molar-refractivity contribution in [3.8, 4) is 17.0 Å². The minimum absolute atomic E-state index is 0.350. The maximum absolute atomic E-state index is 5.60. The molecule has 1 heterocycles. The fourth-order valence-electron chi connectivity index (χ4n) is 2.02. The van der Waals surface area contributed by atoms with Crippen molar-refractivity contribution < 1.29 is 4.74 Å². The van der Waals surface area contributed by atoms with Crippen LogP contribution in [-0.2, 0) is 6.54 Å². The highest BCUT2D eigenvalue weighted by atomic mass is 16.5. The number of aryl methyl sites for hydroxylation is 2. The summed E-state index contributed by atoms with van der Waals surface area (Å²) in [6.07, 6.45) is 1.75. The van der Waals surface area contributed by atoms with Crippen LogP contribution in [0.4, 0.5) is 0 Å². The number of rotatable bonds is 4. The Kier molecular flexibility index (Phi) is 4.12. The van der Waals surface area contributed by atoms with Crippen LogP contribution in [0.3, 0.4) is 0 Å². The number of nitrogens with zero attached hydrogens (tertiary/aromatic N) is 2. The number of hydrogen-bond donors (Lipinski definition) is 1. The molecule has 0 saturated carbocycles. The zero-order chi connectivity index (χ0) is 13.8. The van der Waals surface area contributed by atoms with Crippen LogP contribution in [0.15, 0.2) is 24.4 Å². The first-order chi connectivity index (χ1) is 9.15. The molecule has 0 saturated heterocycles. The largest absolute Gasteiger partial charge is 0.494 e. The van der Waals surface area contributed by atoms with Crippen LogP contribution in [0.5, 0.6) is 5.75 Å². The smallest absolute Gasteiger partial charge is 0.142 e. The summed E-state index contributed by atoms with van der Waals surface area (Å²) in [5.74, 6) is 1.58. The molecule has 1 aromatic heterocycles. The van der Waals surface area contributed by atoms with E-state index >= 15 is 0 Å². The molecule has 0 bridgehead atoms. The van der Waals surface area contributed by atoms with E-state index in [4.69, 9.17) is 10.5 Å². The molecule has 0 fully saturated rings. The van der Waals surface area contributed by atoms with Gasteiger partial charge >= 0.3 is 0 Å². The lowest BCUT2D eigenvalue weighted by Gasteiger charge is -2.12. The summed E-state index contributed by atoms with van der Waals surface area (Å²) in [5.41, 5.74) is 9.82. The Balaban J connectivity index is 2.47. The monoisotopic (exact) mass is 257 g/mol. The predicted octanol–water partition coefficient (Wildman–Crippen LogP) is 2.62. The van der Waals surface area contributed by atoms with E-state index in [2.05, 4.69) is 29.0 Å². The van der Waals surface area contributed by atoms with Gasteiger partial charge in [-0.3, -0.25) is 0 Å². The molecule has 0 amide bonds. The maximum atomic E-state index is 5.60. The van der Waals surface area contributed by atoms with E-state index in [0.29, 0.717) is 19.0 Å². The van der Waals surface area contributed by atoms with Crippen molar-refractivity contribution >= 4 is 0 Å². The van der Waals surface area contributed by atoms with Gasteiger partial charge in [-0.05, 0) is 50.1 Å². The topological polar surface area (TPSA) is 61.0 Å². The average Bonchev–Trinajstić information content (AvgIpc) is 2.43. The van der Waals surface area contributed by atoms with Crippen molar-refractivity contribution in [1.82, 2.24) is 9.97 Å². The molecule has 4 nitrogen and oxygen atoms in total. The van der Waals surface area contributed by atoms with E-state index in [1.807, 2.05) is 19.9 Å². The Hall–Kier alpha value is -1.94. The standard InChI is InChI=1S/C15H19N3O/c1-4-19-14-8-10(2)12(7-11(14)3)13-5-6-17-15(9-16)18-13/h5-8H,4,9,16H2,1-3H3. The highest BCUT2D eigenvalue weighted by molar-refractivity contribution is 5.66. The first kappa shape index (κ1) is 13.5. The molecule has 0 unspecified atom stereocenters. The summed E-state index contributed by atoms with van der Waals surface area (Å²) in [6.45, 7) is 7.11. The lowest BCUT2D eigenvalue weighted by atomic mass is 10.0. The van der Waals surface area contributed by atoms with Gasteiger partial charge in [0.15, 0.2) is 0 Å². The molecule has 0 aliphatic rings. The van der Waals surface area contributed by atoms with Gasteiger partial charge < -0.3 is 10.5 Å². The SMILES string of the molecule is CCOc1cc(C)c(-c2ccnc(CN)n2)cc1C. The van der Waals surface area contributed by atoms with Crippen molar-refractivity contribution in [2.75, 3.05) is 6.61 Å². The number of benzene rings is 1. The molecule has 0 aliphatic heterocycles. The molecule has 0 aliphatic carbocycles. The molecule has 0 radical (unpaired) electrons. The second-order valence-electron chi connectivity index (χ2n) is 4.43. The van der Waals surface area contributed by atoms with E-state index in [-0.39, 0.29) is 0 Å². The highest BCUT2D eigenvalue weighted by Crippen LogP contribution is 2.29. The first-order valence-electron chi connectivity index (χ1n) is 6.42. The second kappa shape index (κ2) is 5.80. The molecule has 2 N–H and O–H groups in total. The Bertz CT molecular complexity index is 582. The van der Waals surface area contributed by atoms with Gasteiger partial charge in [-0.15, -0.1) is 0 Å². The molecule has 0 atom stereocenters. The molecular formula is C15H19N3O. The highest BCUT2D eigenvalue weighted by Gasteiger charge is 2.09. The van der Waals surface area contributed by atoms with Gasteiger partial charge in [0.05, 0.1) is 18.8 Å². The predicted molar refractivity (Wildman–Crippen MR) is 76.0 cm³/mol. The Morgan fingerprint density at radius 2 is 2.00 bits per heavy atom. The van der Waals surface area contributed by atoms with Crippen LogP contribution in [0.1, 0.15) is 23.9 Å². The molecule has 19 heavy (non-hydrogen) atoms. The summed E-state index contributed by atoms with van der Waals surface area (Å²) in [7, 11) is 0. The van der Waals surface area contributed by atoms with Crippen molar-refractivity contribution in [1.29, 1.82) is 0 Å². The van der Waals surface area contributed by atoms with Crippen LogP contribution >= 0.6 is 0 Å². The Labute approximate surface area is 113 Å². The van der Waals surface area contributed by atoms with Crippen LogP contribution in [0.2, 0.25) is 0 Å². The van der Waals surface area contributed by atoms with Gasteiger partial charge in [-0.2, -0.15) is 0 Å². The number of hydrogen-bond acceptors (Lipinski definition) is 4. The lowest BCUT2D eigenvalue weighted by molar-refractivity contribution is 0.337. The third-order valence-electron chi connectivity index (χ3n) is 2.99. The van der Waals surface area contributed by atoms with Gasteiger partial charge in [0.2, 0.25) is 0 Å². The zero-order valence-electron chi connectivity index (χ0n) is 11.6. The lowest BCUT2D eigenvalue weighted by Crippen LogP contribution is -2.03. The Morgan fingerprint density at radius 1 is 1.21 bits per heavy atom. The summed E-state index contributed by atoms with van der Waals surface area (Å²) in [6, 6.07) is 6.06. The summed E-state index contributed by atoms with van der Waals surface area (Å²) >= 11 is 0. The van der Waals surface area contributed by atoms with Gasteiger partial charge in [0.25, 0.3) is 0 Å². The van der Waals surface area contributed by atoms with E-state index in [1.54, 1.807) is 6.20 Å². The molecule has 1 aromatic carbocycles. The van der Waals surface area contributed by atoms with Gasteiger partial charge in [0.1, 0.15) is 11.6 Å². The van der Waals surface area contributed by atoms with Gasteiger partial charge in [-0.25, -0.2) is 9.97 Å². The van der Waals surface area contributed by atoms with Crippen LogP contribution < -0.4 is 10.5 Å². The minimum Gasteiger partial charge on any atom is -0.494 e. The van der Waals surface area contributed by atoms with Crippen LogP contribution in [-0.4, -0.2) is 16.6 Å². The Morgan fingerprint density at radius 3 is 2.68 bits per heavy atom. The fraction of sp³-hybridized carbons (Fsp3) is 0.333. The molecular weight excluding hydrogens is 238 g/mol. The maximum Gasteiger partial charge on any atom is 0.142 e. The van der Waals surface area contributed by atoms with Crippen molar-refractivity contribution in [3.05, 3.63) is 41.3 Å². The van der Waals surface area contributed by atoms with Crippen molar-refractivity contribution in [2.45, 2.75) is 27.3 Å². The van der Waals surface area contributed by atoms with E-state index in [1.165, 1.54) is 0 Å². The van der Waals surface area contributed by atoms with Crippen LogP contribution in [0, 0.1) is 13.8 Å². The second-order valence-corrected chi connectivity index (χ2v) is 4.43. The fourth-order valence-corrected chi connectivity index (χ4v) is 2.02. The molecule has 4 heteroatoms. The van der Waals surface area contributed by atoms with E-state index in [9.17, 15) is 0 Å². The third kappa shape index (κ3) is 2.90. The summed E-state index contributed by atoms with van der Waals surface area (Å²) in [4.78, 5) is 8.58. The molecule has 0 spiro atoms. The van der Waals surface area contributed by atoms with Crippen LogP contribution in [0.25, 0.3) is 11.3 Å². The van der Waals surface area contributed by atoms with E-state index in [0.717, 1.165) is 28.1 Å². The van der Waals surface area contributed by atoms with E-state index < -0.39 is 0 Å². The minimum atomic E-state index is 0.350. The summed E-state index contributed by atoms with van der Waals surface area (Å²) in [5, 5.41) is 0. The quantitative estimate of drug-likeness (QED) is 0.914. The first-order valence-corrected chi connectivity index (χ1v) is 6.42. The molecule has 2 aromatic rings. The molecule has 2 rings (SSSR count). The third-order valence-corrected chi connectivity index (χ3v) is 2.99. The summed E-state index contributed by atoms with van der Waals surface area (Å²) < 4.78 is 5.60. The number of nitrogens with two attached hydrogens (primary N) is 1. The van der Waals surface area contributed by atoms with Gasteiger partial charge in [-0.1, -0.05) is 0 Å².